The first-order chi connectivity index (χ1) is 22.0. The van der Waals surface area contributed by atoms with E-state index in [1.54, 1.807) is 12.4 Å². The Morgan fingerprint density at radius 2 is 2.07 bits per heavy atom. The summed E-state index contributed by atoms with van der Waals surface area (Å²) < 4.78 is 44.1. The van der Waals surface area contributed by atoms with Crippen molar-refractivity contribution in [2.24, 2.45) is 11.8 Å². The molecule has 0 radical (unpaired) electrons. The van der Waals surface area contributed by atoms with Crippen LogP contribution in [-0.4, -0.2) is 87.8 Å². The topological polar surface area (TPSA) is 92.3 Å². The molecule has 6 bridgehead atoms. The van der Waals surface area contributed by atoms with Crippen LogP contribution in [0.3, 0.4) is 0 Å². The maximum Gasteiger partial charge on any atom is 0.319 e. The number of hydrogen-bond donors (Lipinski definition) is 1. The van der Waals surface area contributed by atoms with Crippen LogP contribution in [0.5, 0.6) is 6.01 Å². The van der Waals surface area contributed by atoms with Gasteiger partial charge in [-0.15, -0.1) is 0 Å². The number of H-pyrrole nitrogens is 1. The van der Waals surface area contributed by atoms with E-state index in [1.165, 1.54) is 0 Å². The summed E-state index contributed by atoms with van der Waals surface area (Å²) in [7, 11) is 0. The third-order valence-corrected chi connectivity index (χ3v) is 11.3. The number of pyridine rings is 1. The lowest BCUT2D eigenvalue weighted by Gasteiger charge is -2.34. The maximum absolute atomic E-state index is 17.1. The fourth-order valence-corrected chi connectivity index (χ4v) is 8.98. The molecule has 3 aromatic heterocycles. The van der Waals surface area contributed by atoms with Crippen LogP contribution in [-0.2, 0) is 4.74 Å². The van der Waals surface area contributed by atoms with E-state index < -0.39 is 12.0 Å². The van der Waals surface area contributed by atoms with Crippen molar-refractivity contribution in [2.75, 3.05) is 50.9 Å². The Hall–Kier alpha value is -3.15. The molecule has 1 aromatic carbocycles. The Bertz CT molecular complexity index is 1800. The lowest BCUT2D eigenvalue weighted by Crippen LogP contribution is -2.43. The molecule has 236 valence electrons. The highest BCUT2D eigenvalue weighted by Gasteiger charge is 2.49. The molecule has 8 heterocycles. The zero-order valence-corrected chi connectivity index (χ0v) is 25.8. The van der Waals surface area contributed by atoms with Gasteiger partial charge in [0, 0.05) is 54.8 Å². The minimum atomic E-state index is -0.870. The molecular formula is C33H36ClF2N7O2. The van der Waals surface area contributed by atoms with Crippen molar-refractivity contribution in [3.63, 3.8) is 0 Å². The molecule has 9 nitrogen and oxygen atoms in total. The van der Waals surface area contributed by atoms with Crippen molar-refractivity contribution in [1.82, 2.24) is 30.0 Å². The molecule has 0 amide bonds. The highest BCUT2D eigenvalue weighted by molar-refractivity contribution is 6.33. The third-order valence-electron chi connectivity index (χ3n) is 10.9. The van der Waals surface area contributed by atoms with Crippen molar-refractivity contribution in [2.45, 2.75) is 62.6 Å². The van der Waals surface area contributed by atoms with Gasteiger partial charge in [-0.2, -0.15) is 15.1 Å². The average molecular weight is 636 g/mol. The normalized spacial score (nSPS) is 29.8. The van der Waals surface area contributed by atoms with Crippen LogP contribution >= 0.6 is 11.6 Å². The number of nitrogens with one attached hydrogen (secondary N) is 1. The van der Waals surface area contributed by atoms with E-state index in [-0.39, 0.29) is 35.3 Å². The lowest BCUT2D eigenvalue weighted by molar-refractivity contribution is 0.0887. The minimum absolute atomic E-state index is 0.110. The number of hydrogen-bond acceptors (Lipinski definition) is 8. The molecule has 5 atom stereocenters. The third kappa shape index (κ3) is 4.67. The average Bonchev–Trinajstić information content (AvgIpc) is 3.28. The summed E-state index contributed by atoms with van der Waals surface area (Å²) >= 11 is 6.94. The fraction of sp³-hybridized carbons (Fsp3) is 0.576. The summed E-state index contributed by atoms with van der Waals surface area (Å²) in [5.41, 5.74) is 2.28. The van der Waals surface area contributed by atoms with Gasteiger partial charge < -0.3 is 14.4 Å². The first kappa shape index (κ1) is 28.1. The zero-order valence-electron chi connectivity index (χ0n) is 25.1. The number of anilines is 1. The van der Waals surface area contributed by atoms with Crippen molar-refractivity contribution < 1.29 is 18.3 Å². The van der Waals surface area contributed by atoms with E-state index in [0.29, 0.717) is 59.8 Å². The van der Waals surface area contributed by atoms with Crippen molar-refractivity contribution in [3.8, 4) is 17.3 Å². The molecule has 10 rings (SSSR count). The number of nitrogens with zero attached hydrogens (tertiary/aromatic N) is 6. The Morgan fingerprint density at radius 1 is 1.13 bits per heavy atom. The van der Waals surface area contributed by atoms with Crippen LogP contribution in [0.4, 0.5) is 14.6 Å². The molecule has 6 aliphatic rings. The predicted octanol–water partition coefficient (Wildman–Crippen LogP) is 6.06. The second kappa shape index (κ2) is 10.7. The first-order valence-corrected chi connectivity index (χ1v) is 16.7. The number of alkyl halides is 1. The van der Waals surface area contributed by atoms with Crippen molar-refractivity contribution >= 4 is 39.2 Å². The molecule has 3 saturated heterocycles. The second-order valence-electron chi connectivity index (χ2n) is 13.8. The second-order valence-corrected chi connectivity index (χ2v) is 14.2. The molecule has 5 aliphatic heterocycles. The predicted molar refractivity (Wildman–Crippen MR) is 167 cm³/mol. The van der Waals surface area contributed by atoms with Gasteiger partial charge in [-0.05, 0) is 74.5 Å². The van der Waals surface area contributed by atoms with Gasteiger partial charge in [0.05, 0.1) is 29.2 Å². The summed E-state index contributed by atoms with van der Waals surface area (Å²) in [6, 6.07) is 1.99. The van der Waals surface area contributed by atoms with Gasteiger partial charge in [-0.25, -0.2) is 8.78 Å². The Morgan fingerprint density at radius 3 is 3.00 bits per heavy atom. The smallest absolute Gasteiger partial charge is 0.319 e. The Balaban J connectivity index is 1.21. The summed E-state index contributed by atoms with van der Waals surface area (Å²) in [5, 5.41) is 9.15. The molecule has 0 spiro atoms. The Kier molecular flexibility index (Phi) is 6.68. The number of fused-ring (bicyclic) bond motifs is 6. The van der Waals surface area contributed by atoms with Crippen LogP contribution in [0, 0.1) is 17.7 Å². The largest absolute Gasteiger partial charge is 0.461 e. The van der Waals surface area contributed by atoms with Gasteiger partial charge in [-0.3, -0.25) is 15.0 Å². The summed E-state index contributed by atoms with van der Waals surface area (Å²) in [6.07, 6.45) is 8.80. The fourth-order valence-electron chi connectivity index (χ4n) is 8.64. The van der Waals surface area contributed by atoms with Crippen LogP contribution in [0.25, 0.3) is 33.1 Å². The highest BCUT2D eigenvalue weighted by atomic mass is 35.5. The summed E-state index contributed by atoms with van der Waals surface area (Å²) in [6.45, 7) is 4.45. The van der Waals surface area contributed by atoms with E-state index in [9.17, 15) is 4.39 Å². The number of rotatable bonds is 3. The van der Waals surface area contributed by atoms with E-state index >= 15 is 4.39 Å². The molecule has 4 aromatic rings. The Labute approximate surface area is 264 Å². The van der Waals surface area contributed by atoms with Gasteiger partial charge in [0.15, 0.2) is 5.82 Å². The SMILES string of the molecule is Fc1c2ncc3c(nc(OC[C@@]45CCCN4C[C@H](F)C5)nc13)N1CCC[C@@H](COCC[C@H]3C[C@H]3c3c(Cl)cc4[nH]ncc4c3-2)C1. The molecule has 1 aliphatic carbocycles. The first-order valence-electron chi connectivity index (χ1n) is 16.3. The molecule has 0 unspecified atom stereocenters. The summed E-state index contributed by atoms with van der Waals surface area (Å²) in [5.74, 6) is 1.02. The standard InChI is InChI=1S/C33H36ClF2N7O2/c34-24-10-25-22(13-38-41-25)27-26(24)21-9-19(21)4-8-44-16-18-3-1-6-42(14-18)31-23-12-37-30(27)28(36)29(23)39-32(40-31)45-17-33-5-2-7-43(33)15-20(35)11-33/h10,12-13,18-21H,1-9,11,14-17H2,(H,38,41)/t18-,19+,20-,21-,33+/m1/s1. The highest BCUT2D eigenvalue weighted by Crippen LogP contribution is 2.56. The van der Waals surface area contributed by atoms with Gasteiger partial charge in [-0.1, -0.05) is 11.6 Å². The van der Waals surface area contributed by atoms with Crippen LogP contribution in [0.2, 0.25) is 5.02 Å². The molecule has 1 saturated carbocycles. The number of aromatic amines is 1. The number of benzene rings is 1. The molecule has 1 N–H and O–H groups in total. The minimum Gasteiger partial charge on any atom is -0.461 e. The molecular weight excluding hydrogens is 600 g/mol. The maximum atomic E-state index is 17.1. The van der Waals surface area contributed by atoms with Crippen molar-refractivity contribution in [1.29, 1.82) is 0 Å². The number of ether oxygens (including phenoxy) is 2. The monoisotopic (exact) mass is 635 g/mol. The van der Waals surface area contributed by atoms with E-state index in [4.69, 9.17) is 36.0 Å². The van der Waals surface area contributed by atoms with E-state index in [0.717, 1.165) is 74.6 Å². The van der Waals surface area contributed by atoms with E-state index in [1.807, 2.05) is 6.07 Å². The molecule has 45 heavy (non-hydrogen) atoms. The quantitative estimate of drug-likeness (QED) is 0.291. The van der Waals surface area contributed by atoms with Gasteiger partial charge in [0.1, 0.15) is 29.8 Å². The number of piperidine rings is 1. The van der Waals surface area contributed by atoms with Gasteiger partial charge in [0.2, 0.25) is 0 Å². The number of halogens is 3. The lowest BCUT2D eigenvalue weighted by atomic mass is 9.94. The van der Waals surface area contributed by atoms with Crippen LogP contribution in [0.1, 0.15) is 56.4 Å². The number of aromatic nitrogens is 5. The van der Waals surface area contributed by atoms with E-state index in [2.05, 4.69) is 20.0 Å². The van der Waals surface area contributed by atoms with Crippen LogP contribution < -0.4 is 9.64 Å². The van der Waals surface area contributed by atoms with Crippen LogP contribution in [0.15, 0.2) is 18.5 Å². The van der Waals surface area contributed by atoms with Gasteiger partial charge >= 0.3 is 6.01 Å². The van der Waals surface area contributed by atoms with Crippen molar-refractivity contribution in [3.05, 3.63) is 34.9 Å². The molecule has 12 heteroatoms. The molecule has 4 fully saturated rings. The van der Waals surface area contributed by atoms with Gasteiger partial charge in [0.25, 0.3) is 0 Å². The zero-order chi connectivity index (χ0) is 30.3. The summed E-state index contributed by atoms with van der Waals surface area (Å²) in [4.78, 5) is 18.8.